The smallest absolute Gasteiger partial charge is 0.0561 e. The predicted molar refractivity (Wildman–Crippen MR) is 223 cm³/mol. The zero-order chi connectivity index (χ0) is 34.2. The van der Waals surface area contributed by atoms with Gasteiger partial charge in [-0.2, -0.15) is 0 Å². The summed E-state index contributed by atoms with van der Waals surface area (Å²) in [6, 6.07) is 68.5. The Morgan fingerprint density at radius 2 is 0.750 bits per heavy atom. The molecule has 0 radical (unpaired) electrons. The van der Waals surface area contributed by atoms with Crippen LogP contribution >= 0.6 is 11.3 Å². The van der Waals surface area contributed by atoms with Crippen molar-refractivity contribution in [3.63, 3.8) is 0 Å². The van der Waals surface area contributed by atoms with Gasteiger partial charge in [0, 0.05) is 70.2 Å². The molecule has 0 fully saturated rings. The summed E-state index contributed by atoms with van der Waals surface area (Å²) in [6.07, 6.45) is 0. The van der Waals surface area contributed by atoms with Crippen LogP contribution in [0.1, 0.15) is 0 Å². The molecular weight excluding hydrogens is 651 g/mol. The first kappa shape index (κ1) is 29.1. The molecule has 0 amide bonds. The molecule has 0 saturated carbocycles. The Balaban J connectivity index is 1.13. The van der Waals surface area contributed by atoms with Gasteiger partial charge in [-0.3, -0.25) is 0 Å². The van der Waals surface area contributed by atoms with Crippen LogP contribution < -0.4 is 4.90 Å². The summed E-state index contributed by atoms with van der Waals surface area (Å²) in [7, 11) is 0. The zero-order valence-electron chi connectivity index (χ0n) is 28.1. The van der Waals surface area contributed by atoms with Crippen LogP contribution in [0.2, 0.25) is 0 Å². The van der Waals surface area contributed by atoms with Crippen LogP contribution in [0.3, 0.4) is 0 Å². The lowest BCUT2D eigenvalue weighted by atomic mass is 10.1. The third-order valence-corrected chi connectivity index (χ3v) is 11.6. The molecule has 0 spiro atoms. The lowest BCUT2D eigenvalue weighted by Gasteiger charge is -2.26. The maximum absolute atomic E-state index is 2.41. The van der Waals surface area contributed by atoms with E-state index in [1.165, 1.54) is 63.8 Å². The van der Waals surface area contributed by atoms with E-state index in [0.29, 0.717) is 0 Å². The Hall–Kier alpha value is -6.62. The summed E-state index contributed by atoms with van der Waals surface area (Å²) in [6.45, 7) is 0. The van der Waals surface area contributed by atoms with Gasteiger partial charge in [0.05, 0.1) is 22.1 Å². The molecule has 4 heteroatoms. The Morgan fingerprint density at radius 3 is 1.40 bits per heavy atom. The van der Waals surface area contributed by atoms with Crippen molar-refractivity contribution >= 4 is 92.2 Å². The van der Waals surface area contributed by atoms with Gasteiger partial charge < -0.3 is 14.0 Å². The standard InChI is InChI=1S/C48H31N3S/c1-2-12-32(13-3-1)51-45-20-10-6-16-39(45)40-28-26-35(30-46(40)51)49(36-27-29-42-41-17-7-11-21-47(41)52-48(42)31-36)33-22-24-34(25-23-33)50-43-18-8-4-14-37(43)38-15-5-9-19-44(38)50/h1-31H. The quantitative estimate of drug-likeness (QED) is 0.176. The van der Waals surface area contributed by atoms with Crippen molar-refractivity contribution in [2.75, 3.05) is 4.90 Å². The molecule has 3 aromatic heterocycles. The van der Waals surface area contributed by atoms with Crippen LogP contribution in [0.5, 0.6) is 0 Å². The average Bonchev–Trinajstić information content (AvgIpc) is 3.86. The van der Waals surface area contributed by atoms with E-state index in [9.17, 15) is 0 Å². The highest BCUT2D eigenvalue weighted by Crippen LogP contribution is 2.43. The fourth-order valence-corrected chi connectivity index (χ4v) is 9.34. The van der Waals surface area contributed by atoms with Crippen LogP contribution in [-0.4, -0.2) is 9.13 Å². The van der Waals surface area contributed by atoms with E-state index in [4.69, 9.17) is 0 Å². The highest BCUT2D eigenvalue weighted by molar-refractivity contribution is 7.25. The fourth-order valence-electron chi connectivity index (χ4n) is 8.21. The van der Waals surface area contributed by atoms with E-state index in [1.54, 1.807) is 0 Å². The summed E-state index contributed by atoms with van der Waals surface area (Å²) in [4.78, 5) is 2.41. The average molecular weight is 682 g/mol. The number of rotatable bonds is 5. The molecule has 3 nitrogen and oxygen atoms in total. The van der Waals surface area contributed by atoms with Gasteiger partial charge in [-0.05, 0) is 84.9 Å². The summed E-state index contributed by atoms with van der Waals surface area (Å²) in [5.74, 6) is 0. The van der Waals surface area contributed by atoms with Gasteiger partial charge in [-0.15, -0.1) is 11.3 Å². The first-order chi connectivity index (χ1) is 25.8. The van der Waals surface area contributed by atoms with Crippen LogP contribution in [0, 0.1) is 0 Å². The molecule has 0 atom stereocenters. The molecule has 0 saturated heterocycles. The second-order valence-corrected chi connectivity index (χ2v) is 14.5. The van der Waals surface area contributed by atoms with Gasteiger partial charge >= 0.3 is 0 Å². The largest absolute Gasteiger partial charge is 0.310 e. The molecular formula is C48H31N3S. The lowest BCUT2D eigenvalue weighted by Crippen LogP contribution is -2.10. The van der Waals surface area contributed by atoms with Crippen LogP contribution in [0.4, 0.5) is 17.1 Å². The van der Waals surface area contributed by atoms with Crippen molar-refractivity contribution in [3.8, 4) is 11.4 Å². The Kier molecular flexibility index (Phi) is 6.42. The molecule has 3 heterocycles. The van der Waals surface area contributed by atoms with Gasteiger partial charge in [0.1, 0.15) is 0 Å². The monoisotopic (exact) mass is 681 g/mol. The summed E-state index contributed by atoms with van der Waals surface area (Å²) in [5, 5.41) is 7.63. The van der Waals surface area contributed by atoms with Crippen LogP contribution in [-0.2, 0) is 0 Å². The van der Waals surface area contributed by atoms with E-state index in [0.717, 1.165) is 28.4 Å². The highest BCUT2D eigenvalue weighted by atomic mass is 32.1. The minimum Gasteiger partial charge on any atom is -0.310 e. The van der Waals surface area contributed by atoms with Gasteiger partial charge in [0.25, 0.3) is 0 Å². The zero-order valence-corrected chi connectivity index (χ0v) is 29.0. The maximum atomic E-state index is 2.41. The highest BCUT2D eigenvalue weighted by Gasteiger charge is 2.19. The number of benzene rings is 8. The second-order valence-electron chi connectivity index (χ2n) is 13.4. The van der Waals surface area contributed by atoms with E-state index in [1.807, 2.05) is 11.3 Å². The Bertz CT molecular complexity index is 3080. The minimum absolute atomic E-state index is 1.10. The number of para-hydroxylation sites is 4. The van der Waals surface area contributed by atoms with E-state index < -0.39 is 0 Å². The lowest BCUT2D eigenvalue weighted by molar-refractivity contribution is 1.17. The molecule has 244 valence electrons. The first-order valence-corrected chi connectivity index (χ1v) is 18.5. The number of thiophene rings is 1. The minimum atomic E-state index is 1.10. The molecule has 8 aromatic carbocycles. The number of aromatic nitrogens is 2. The molecule has 0 aliphatic carbocycles. The van der Waals surface area contributed by atoms with Crippen LogP contribution in [0.15, 0.2) is 188 Å². The molecule has 0 bridgehead atoms. The Morgan fingerprint density at radius 1 is 0.308 bits per heavy atom. The molecule has 0 N–H and O–H groups in total. The van der Waals surface area contributed by atoms with Crippen LogP contribution in [0.25, 0.3) is 75.2 Å². The molecule has 0 unspecified atom stereocenters. The number of fused-ring (bicyclic) bond motifs is 9. The summed E-state index contributed by atoms with van der Waals surface area (Å²) >= 11 is 1.86. The molecule has 0 aliphatic heterocycles. The number of hydrogen-bond donors (Lipinski definition) is 0. The predicted octanol–water partition coefficient (Wildman–Crippen LogP) is 13.7. The van der Waals surface area contributed by atoms with E-state index in [2.05, 4.69) is 202 Å². The van der Waals surface area contributed by atoms with Gasteiger partial charge in [0.15, 0.2) is 0 Å². The van der Waals surface area contributed by atoms with Crippen molar-refractivity contribution in [1.29, 1.82) is 0 Å². The maximum Gasteiger partial charge on any atom is 0.0561 e. The Labute approximate surface area is 304 Å². The summed E-state index contributed by atoms with van der Waals surface area (Å²) in [5.41, 5.74) is 10.4. The molecule has 52 heavy (non-hydrogen) atoms. The van der Waals surface area contributed by atoms with Crippen molar-refractivity contribution in [2.24, 2.45) is 0 Å². The van der Waals surface area contributed by atoms with Crippen molar-refractivity contribution in [1.82, 2.24) is 9.13 Å². The van der Waals surface area contributed by atoms with Crippen molar-refractivity contribution in [3.05, 3.63) is 188 Å². The second kappa shape index (κ2) is 11.5. The third kappa shape index (κ3) is 4.38. The van der Waals surface area contributed by atoms with Crippen molar-refractivity contribution in [2.45, 2.75) is 0 Å². The molecule has 11 aromatic rings. The van der Waals surface area contributed by atoms with E-state index in [-0.39, 0.29) is 0 Å². The van der Waals surface area contributed by atoms with E-state index >= 15 is 0 Å². The number of anilines is 3. The van der Waals surface area contributed by atoms with Gasteiger partial charge in [-0.1, -0.05) is 103 Å². The molecule has 11 rings (SSSR count). The number of hydrogen-bond acceptors (Lipinski definition) is 2. The number of nitrogens with zero attached hydrogens (tertiary/aromatic N) is 3. The SMILES string of the molecule is c1ccc(-n2c3ccccc3c3ccc(N(c4ccc(-n5c6ccccc6c6ccccc65)cc4)c4ccc5c(c4)sc4ccccc45)cc32)cc1. The normalized spacial score (nSPS) is 11.8. The summed E-state index contributed by atoms with van der Waals surface area (Å²) < 4.78 is 7.37. The first-order valence-electron chi connectivity index (χ1n) is 17.7. The molecule has 0 aliphatic rings. The topological polar surface area (TPSA) is 13.1 Å². The fraction of sp³-hybridized carbons (Fsp3) is 0. The van der Waals surface area contributed by atoms with Crippen molar-refractivity contribution < 1.29 is 0 Å². The third-order valence-electron chi connectivity index (χ3n) is 10.5. The van der Waals surface area contributed by atoms with Gasteiger partial charge in [-0.25, -0.2) is 0 Å². The van der Waals surface area contributed by atoms with Gasteiger partial charge in [0.2, 0.25) is 0 Å².